The molecule has 0 N–H and O–H groups in total. The maximum atomic E-state index is 12.5. The standard InChI is InChI=1S/C19H21N3O2/c20-22-21-13-7-12-18(14-16-8-3-1-4-9-16)19(23)24-15-17-10-5-2-6-11-17/h1-6,8-11,18H,7,12-15H2. The van der Waals surface area contributed by atoms with Crippen molar-refractivity contribution >= 4 is 5.97 Å². The van der Waals surface area contributed by atoms with Crippen molar-refractivity contribution in [1.82, 2.24) is 0 Å². The van der Waals surface area contributed by atoms with Crippen LogP contribution in [0.1, 0.15) is 24.0 Å². The van der Waals surface area contributed by atoms with E-state index in [1.807, 2.05) is 60.7 Å². The molecule has 0 saturated heterocycles. The summed E-state index contributed by atoms with van der Waals surface area (Å²) in [5, 5.41) is 3.53. The topological polar surface area (TPSA) is 75.1 Å². The predicted molar refractivity (Wildman–Crippen MR) is 93.1 cm³/mol. The largest absolute Gasteiger partial charge is 0.461 e. The van der Waals surface area contributed by atoms with Crippen molar-refractivity contribution in [3.05, 3.63) is 82.2 Å². The molecular weight excluding hydrogens is 302 g/mol. The number of rotatable bonds is 9. The molecule has 0 saturated carbocycles. The van der Waals surface area contributed by atoms with E-state index in [-0.39, 0.29) is 18.5 Å². The molecule has 1 unspecified atom stereocenters. The molecule has 0 amide bonds. The highest BCUT2D eigenvalue weighted by Gasteiger charge is 2.20. The van der Waals surface area contributed by atoms with E-state index in [4.69, 9.17) is 10.3 Å². The number of ether oxygens (including phenoxy) is 1. The summed E-state index contributed by atoms with van der Waals surface area (Å²) in [6.07, 6.45) is 1.94. The predicted octanol–water partition coefficient (Wildman–Crippen LogP) is 4.68. The summed E-state index contributed by atoms with van der Waals surface area (Å²) in [6.45, 7) is 0.676. The van der Waals surface area contributed by atoms with E-state index < -0.39 is 0 Å². The lowest BCUT2D eigenvalue weighted by Gasteiger charge is -2.16. The molecule has 0 bridgehead atoms. The first kappa shape index (κ1) is 17.6. The van der Waals surface area contributed by atoms with E-state index in [1.165, 1.54) is 0 Å². The second kappa shape index (κ2) is 10.1. The Kier molecular flexibility index (Phi) is 7.38. The van der Waals surface area contributed by atoms with Gasteiger partial charge in [0.25, 0.3) is 0 Å². The Morgan fingerprint density at radius 1 is 1.04 bits per heavy atom. The fourth-order valence-electron chi connectivity index (χ4n) is 2.50. The van der Waals surface area contributed by atoms with Crippen LogP contribution in [0.4, 0.5) is 0 Å². The third kappa shape index (κ3) is 6.15. The molecule has 0 radical (unpaired) electrons. The van der Waals surface area contributed by atoms with Gasteiger partial charge in [-0.25, -0.2) is 0 Å². The maximum absolute atomic E-state index is 12.5. The maximum Gasteiger partial charge on any atom is 0.309 e. The van der Waals surface area contributed by atoms with Crippen molar-refractivity contribution < 1.29 is 9.53 Å². The number of azide groups is 1. The smallest absolute Gasteiger partial charge is 0.309 e. The molecule has 124 valence electrons. The van der Waals surface area contributed by atoms with Gasteiger partial charge in [0.05, 0.1) is 5.92 Å². The normalized spacial score (nSPS) is 11.3. The molecule has 2 aromatic carbocycles. The average Bonchev–Trinajstić information content (AvgIpc) is 2.64. The summed E-state index contributed by atoms with van der Waals surface area (Å²) in [5.74, 6) is -0.436. The lowest BCUT2D eigenvalue weighted by atomic mass is 9.95. The number of carbonyl (C=O) groups is 1. The van der Waals surface area contributed by atoms with Crippen molar-refractivity contribution in [1.29, 1.82) is 0 Å². The van der Waals surface area contributed by atoms with E-state index in [9.17, 15) is 4.79 Å². The molecule has 2 rings (SSSR count). The quantitative estimate of drug-likeness (QED) is 0.221. The van der Waals surface area contributed by atoms with Crippen LogP contribution in [0.3, 0.4) is 0 Å². The number of benzene rings is 2. The molecular formula is C19H21N3O2. The van der Waals surface area contributed by atoms with Crippen LogP contribution in [0.5, 0.6) is 0 Å². The monoisotopic (exact) mass is 323 g/mol. The molecule has 1 atom stereocenters. The van der Waals surface area contributed by atoms with E-state index in [0.717, 1.165) is 11.1 Å². The van der Waals surface area contributed by atoms with Gasteiger partial charge in [-0.3, -0.25) is 4.79 Å². The lowest BCUT2D eigenvalue weighted by Crippen LogP contribution is -2.20. The molecule has 0 aliphatic heterocycles. The summed E-state index contributed by atoms with van der Waals surface area (Å²) < 4.78 is 5.48. The van der Waals surface area contributed by atoms with Crippen molar-refractivity contribution in [2.75, 3.05) is 6.54 Å². The van der Waals surface area contributed by atoms with Crippen LogP contribution in [0.25, 0.3) is 10.4 Å². The molecule has 0 fully saturated rings. The van der Waals surface area contributed by atoms with Crippen LogP contribution in [-0.2, 0) is 22.6 Å². The van der Waals surface area contributed by atoms with Gasteiger partial charge in [-0.1, -0.05) is 65.8 Å². The highest BCUT2D eigenvalue weighted by atomic mass is 16.5. The van der Waals surface area contributed by atoms with Crippen molar-refractivity contribution in [2.24, 2.45) is 11.0 Å². The molecule has 0 spiro atoms. The van der Waals surface area contributed by atoms with Gasteiger partial charge in [0.1, 0.15) is 6.61 Å². The number of hydrogen-bond acceptors (Lipinski definition) is 3. The van der Waals surface area contributed by atoms with Crippen molar-refractivity contribution in [3.8, 4) is 0 Å². The Hall–Kier alpha value is -2.78. The van der Waals surface area contributed by atoms with Crippen LogP contribution < -0.4 is 0 Å². The molecule has 5 nitrogen and oxygen atoms in total. The summed E-state index contributed by atoms with van der Waals surface area (Å²) in [5.41, 5.74) is 10.4. The van der Waals surface area contributed by atoms with Gasteiger partial charge in [-0.15, -0.1) is 0 Å². The first-order chi connectivity index (χ1) is 11.8. The zero-order valence-corrected chi connectivity index (χ0v) is 13.5. The van der Waals surface area contributed by atoms with Gasteiger partial charge in [0.2, 0.25) is 0 Å². The van der Waals surface area contributed by atoms with Crippen LogP contribution in [-0.4, -0.2) is 12.5 Å². The minimum absolute atomic E-state index is 0.205. The Labute approximate surface area is 141 Å². The highest BCUT2D eigenvalue weighted by molar-refractivity contribution is 5.72. The van der Waals surface area contributed by atoms with E-state index in [0.29, 0.717) is 25.8 Å². The summed E-state index contributed by atoms with van der Waals surface area (Å²) >= 11 is 0. The Bertz CT molecular complexity index is 668. The highest BCUT2D eigenvalue weighted by Crippen LogP contribution is 2.17. The van der Waals surface area contributed by atoms with Crippen LogP contribution in [0, 0.1) is 5.92 Å². The van der Waals surface area contributed by atoms with Gasteiger partial charge >= 0.3 is 5.97 Å². The zero-order valence-electron chi connectivity index (χ0n) is 13.5. The van der Waals surface area contributed by atoms with Gasteiger partial charge in [-0.2, -0.15) is 0 Å². The molecule has 2 aromatic rings. The third-order valence-electron chi connectivity index (χ3n) is 3.76. The average molecular weight is 323 g/mol. The lowest BCUT2D eigenvalue weighted by molar-refractivity contribution is -0.150. The first-order valence-electron chi connectivity index (χ1n) is 8.05. The molecule has 0 aliphatic carbocycles. The first-order valence-corrected chi connectivity index (χ1v) is 8.05. The molecule has 5 heteroatoms. The van der Waals surface area contributed by atoms with Gasteiger partial charge in [-0.05, 0) is 35.9 Å². The van der Waals surface area contributed by atoms with E-state index in [2.05, 4.69) is 10.0 Å². The fourth-order valence-corrected chi connectivity index (χ4v) is 2.50. The molecule has 0 heterocycles. The molecule has 0 aliphatic rings. The number of esters is 1. The fraction of sp³-hybridized carbons (Fsp3) is 0.316. The second-order valence-corrected chi connectivity index (χ2v) is 5.58. The molecule has 0 aromatic heterocycles. The Morgan fingerprint density at radius 2 is 1.67 bits per heavy atom. The van der Waals surface area contributed by atoms with Crippen LogP contribution >= 0.6 is 0 Å². The van der Waals surface area contributed by atoms with E-state index in [1.54, 1.807) is 0 Å². The Morgan fingerprint density at radius 3 is 2.29 bits per heavy atom. The van der Waals surface area contributed by atoms with Crippen LogP contribution in [0.2, 0.25) is 0 Å². The third-order valence-corrected chi connectivity index (χ3v) is 3.76. The minimum Gasteiger partial charge on any atom is -0.461 e. The number of hydrogen-bond donors (Lipinski definition) is 0. The van der Waals surface area contributed by atoms with E-state index >= 15 is 0 Å². The van der Waals surface area contributed by atoms with Gasteiger partial charge < -0.3 is 4.74 Å². The minimum atomic E-state index is -0.231. The number of carbonyl (C=O) groups excluding carboxylic acids is 1. The Balaban J connectivity index is 1.94. The summed E-state index contributed by atoms with van der Waals surface area (Å²) in [4.78, 5) is 15.2. The van der Waals surface area contributed by atoms with Gasteiger partial charge in [0.15, 0.2) is 0 Å². The zero-order chi connectivity index (χ0) is 17.0. The molecule has 24 heavy (non-hydrogen) atoms. The SMILES string of the molecule is [N-]=[N+]=NCCCC(Cc1ccccc1)C(=O)OCc1ccccc1. The summed E-state index contributed by atoms with van der Waals surface area (Å²) in [7, 11) is 0. The van der Waals surface area contributed by atoms with Crippen LogP contribution in [0.15, 0.2) is 65.8 Å². The van der Waals surface area contributed by atoms with Crippen molar-refractivity contribution in [3.63, 3.8) is 0 Å². The van der Waals surface area contributed by atoms with Gasteiger partial charge in [0, 0.05) is 11.5 Å². The number of nitrogens with zero attached hydrogens (tertiary/aromatic N) is 3. The summed E-state index contributed by atoms with van der Waals surface area (Å²) in [6, 6.07) is 19.5. The van der Waals surface area contributed by atoms with Crippen molar-refractivity contribution in [2.45, 2.75) is 25.9 Å². The second-order valence-electron chi connectivity index (χ2n) is 5.58.